The van der Waals surface area contributed by atoms with Crippen LogP contribution < -0.4 is 11.1 Å². The third-order valence-electron chi connectivity index (χ3n) is 2.53. The molecule has 0 bridgehead atoms. The van der Waals surface area contributed by atoms with Gasteiger partial charge in [0.1, 0.15) is 0 Å². The van der Waals surface area contributed by atoms with E-state index >= 15 is 0 Å². The molecule has 0 heterocycles. The fourth-order valence-electron chi connectivity index (χ4n) is 1.59. The lowest BCUT2D eigenvalue weighted by Crippen LogP contribution is -2.18. The summed E-state index contributed by atoms with van der Waals surface area (Å²) >= 11 is 5.01. The Morgan fingerprint density at radius 2 is 1.95 bits per heavy atom. The summed E-state index contributed by atoms with van der Waals surface area (Å²) in [5, 5.41) is 2.64. The van der Waals surface area contributed by atoms with Crippen LogP contribution in [0.4, 0.5) is 5.69 Å². The van der Waals surface area contributed by atoms with E-state index < -0.39 is 0 Å². The smallest absolute Gasteiger partial charge is 0.252 e. The van der Waals surface area contributed by atoms with Gasteiger partial charge in [0, 0.05) is 27.0 Å². The van der Waals surface area contributed by atoms with Crippen LogP contribution in [0.1, 0.15) is 10.4 Å². The zero-order chi connectivity index (χ0) is 13.8. The highest BCUT2D eigenvalue weighted by molar-refractivity contribution is 9.10. The number of hydrogen-bond donors (Lipinski definition) is 2. The van der Waals surface area contributed by atoms with Gasteiger partial charge in [-0.3, -0.25) is 4.79 Å². The number of nitrogen functional groups attached to an aromatic ring is 1. The second kappa shape index (κ2) is 6.12. The summed E-state index contributed by atoms with van der Waals surface area (Å²) in [6.07, 6.45) is 0. The van der Waals surface area contributed by atoms with Gasteiger partial charge in [0.25, 0.3) is 5.91 Å². The minimum atomic E-state index is -0.116. The summed E-state index contributed by atoms with van der Waals surface area (Å²) in [5.74, 6) is -0.116. The minimum Gasteiger partial charge on any atom is -0.399 e. The predicted octanol–water partition coefficient (Wildman–Crippen LogP) is 3.54. The molecule has 98 valence electrons. The van der Waals surface area contributed by atoms with Gasteiger partial charge < -0.3 is 11.1 Å². The molecule has 0 aliphatic heterocycles. The number of anilines is 1. The van der Waals surface area contributed by atoms with Crippen LogP contribution in [0.2, 0.25) is 0 Å². The van der Waals surface area contributed by atoms with Crippen molar-refractivity contribution in [2.45, 2.75) is 9.79 Å². The van der Waals surface area contributed by atoms with E-state index in [1.807, 2.05) is 30.3 Å². The van der Waals surface area contributed by atoms with Gasteiger partial charge in [0.2, 0.25) is 0 Å². The van der Waals surface area contributed by atoms with Crippen LogP contribution in [0.3, 0.4) is 0 Å². The van der Waals surface area contributed by atoms with Gasteiger partial charge in [-0.25, -0.2) is 0 Å². The van der Waals surface area contributed by atoms with E-state index in [0.717, 1.165) is 14.3 Å². The van der Waals surface area contributed by atoms with E-state index in [1.54, 1.807) is 19.2 Å². The lowest BCUT2D eigenvalue weighted by molar-refractivity contribution is 0.0960. The highest BCUT2D eigenvalue weighted by Gasteiger charge is 2.12. The lowest BCUT2D eigenvalue weighted by Gasteiger charge is -2.10. The number of halogens is 1. The quantitative estimate of drug-likeness (QED) is 0.843. The number of amides is 1. The Morgan fingerprint density at radius 3 is 2.63 bits per heavy atom. The molecule has 0 radical (unpaired) electrons. The van der Waals surface area contributed by atoms with Crippen LogP contribution in [0, 0.1) is 0 Å². The van der Waals surface area contributed by atoms with Crippen molar-refractivity contribution in [3.63, 3.8) is 0 Å². The Morgan fingerprint density at radius 1 is 1.21 bits per heavy atom. The summed E-state index contributed by atoms with van der Waals surface area (Å²) in [7, 11) is 1.62. The van der Waals surface area contributed by atoms with E-state index in [0.29, 0.717) is 11.3 Å². The summed E-state index contributed by atoms with van der Waals surface area (Å²) < 4.78 is 0.991. The first kappa shape index (κ1) is 14.0. The molecule has 0 unspecified atom stereocenters. The summed E-state index contributed by atoms with van der Waals surface area (Å²) in [6.45, 7) is 0. The Balaban J connectivity index is 2.41. The Labute approximate surface area is 124 Å². The van der Waals surface area contributed by atoms with E-state index in [-0.39, 0.29) is 5.91 Å². The van der Waals surface area contributed by atoms with E-state index in [4.69, 9.17) is 5.73 Å². The molecule has 0 saturated carbocycles. The predicted molar refractivity (Wildman–Crippen MR) is 82.5 cm³/mol. The molecule has 0 aliphatic carbocycles. The first-order chi connectivity index (χ1) is 9.11. The fourth-order valence-corrected chi connectivity index (χ4v) is 3.13. The average molecular weight is 337 g/mol. The van der Waals surface area contributed by atoms with Gasteiger partial charge in [-0.1, -0.05) is 23.9 Å². The fraction of sp³-hybridized carbons (Fsp3) is 0.0714. The number of hydrogen-bond acceptors (Lipinski definition) is 3. The van der Waals surface area contributed by atoms with Crippen molar-refractivity contribution >= 4 is 39.3 Å². The maximum atomic E-state index is 11.8. The Bertz CT molecular complexity index is 616. The standard InChI is InChI=1S/C14H13BrN2OS/c1-17-14(18)10-7-6-9(16)8-13(10)19-12-5-3-2-4-11(12)15/h2-8H,16H2,1H3,(H,17,18). The highest BCUT2D eigenvalue weighted by atomic mass is 79.9. The molecular weight excluding hydrogens is 324 g/mol. The van der Waals surface area contributed by atoms with Gasteiger partial charge in [-0.2, -0.15) is 0 Å². The Hall–Kier alpha value is -1.46. The molecule has 1 amide bonds. The van der Waals surface area contributed by atoms with Crippen LogP contribution in [0.15, 0.2) is 56.7 Å². The van der Waals surface area contributed by atoms with Crippen molar-refractivity contribution in [2.24, 2.45) is 0 Å². The van der Waals surface area contributed by atoms with E-state index in [1.165, 1.54) is 11.8 Å². The minimum absolute atomic E-state index is 0.116. The van der Waals surface area contributed by atoms with Crippen molar-refractivity contribution in [3.8, 4) is 0 Å². The molecule has 0 aliphatic rings. The summed E-state index contributed by atoms with van der Waals surface area (Å²) in [4.78, 5) is 13.7. The number of rotatable bonds is 3. The third-order valence-corrected chi connectivity index (χ3v) is 4.62. The molecule has 0 aromatic heterocycles. The van der Waals surface area contributed by atoms with Gasteiger partial charge in [-0.05, 0) is 46.3 Å². The number of carbonyl (C=O) groups is 1. The molecule has 0 saturated heterocycles. The Kier molecular flexibility index (Phi) is 4.50. The molecule has 5 heteroatoms. The van der Waals surface area contributed by atoms with Crippen LogP contribution in [-0.2, 0) is 0 Å². The van der Waals surface area contributed by atoms with Crippen molar-refractivity contribution in [2.75, 3.05) is 12.8 Å². The molecule has 19 heavy (non-hydrogen) atoms. The largest absolute Gasteiger partial charge is 0.399 e. The zero-order valence-corrected chi connectivity index (χ0v) is 12.7. The van der Waals surface area contributed by atoms with E-state index in [9.17, 15) is 4.79 Å². The van der Waals surface area contributed by atoms with Crippen molar-refractivity contribution < 1.29 is 4.79 Å². The normalized spacial score (nSPS) is 10.2. The van der Waals surface area contributed by atoms with Gasteiger partial charge in [0.15, 0.2) is 0 Å². The first-order valence-corrected chi connectivity index (χ1v) is 7.26. The van der Waals surface area contributed by atoms with Gasteiger partial charge in [0.05, 0.1) is 5.56 Å². The molecule has 2 aromatic carbocycles. The maximum Gasteiger partial charge on any atom is 0.252 e. The molecule has 0 atom stereocenters. The van der Waals surface area contributed by atoms with Gasteiger partial charge in [-0.15, -0.1) is 0 Å². The number of nitrogens with one attached hydrogen (secondary N) is 1. The van der Waals surface area contributed by atoms with Crippen molar-refractivity contribution in [3.05, 3.63) is 52.5 Å². The van der Waals surface area contributed by atoms with Crippen LogP contribution >= 0.6 is 27.7 Å². The van der Waals surface area contributed by atoms with Crippen molar-refractivity contribution in [1.82, 2.24) is 5.32 Å². The molecule has 2 aromatic rings. The van der Waals surface area contributed by atoms with Crippen LogP contribution in [-0.4, -0.2) is 13.0 Å². The summed E-state index contributed by atoms with van der Waals surface area (Å²) in [6, 6.07) is 13.2. The number of carbonyl (C=O) groups excluding carboxylic acids is 1. The SMILES string of the molecule is CNC(=O)c1ccc(N)cc1Sc1ccccc1Br. The maximum absolute atomic E-state index is 11.8. The number of nitrogens with two attached hydrogens (primary N) is 1. The van der Waals surface area contributed by atoms with Crippen molar-refractivity contribution in [1.29, 1.82) is 0 Å². The zero-order valence-electron chi connectivity index (χ0n) is 10.3. The van der Waals surface area contributed by atoms with Crippen LogP contribution in [0.25, 0.3) is 0 Å². The number of benzene rings is 2. The highest BCUT2D eigenvalue weighted by Crippen LogP contribution is 2.36. The molecule has 3 nitrogen and oxygen atoms in total. The molecule has 0 fully saturated rings. The average Bonchev–Trinajstić information content (AvgIpc) is 2.41. The lowest BCUT2D eigenvalue weighted by atomic mass is 10.2. The molecule has 0 spiro atoms. The van der Waals surface area contributed by atoms with Crippen LogP contribution in [0.5, 0.6) is 0 Å². The monoisotopic (exact) mass is 336 g/mol. The third kappa shape index (κ3) is 3.30. The first-order valence-electron chi connectivity index (χ1n) is 5.66. The second-order valence-electron chi connectivity index (χ2n) is 3.87. The van der Waals surface area contributed by atoms with E-state index in [2.05, 4.69) is 21.2 Å². The topological polar surface area (TPSA) is 55.1 Å². The summed E-state index contributed by atoms with van der Waals surface area (Å²) in [5.41, 5.74) is 7.07. The second-order valence-corrected chi connectivity index (χ2v) is 5.81. The molecule has 2 rings (SSSR count). The van der Waals surface area contributed by atoms with Gasteiger partial charge >= 0.3 is 0 Å². The molecular formula is C14H13BrN2OS. The molecule has 3 N–H and O–H groups in total.